The molecule has 3 aromatic rings. The van der Waals surface area contributed by atoms with Gasteiger partial charge in [0.05, 0.1) is 0 Å². The van der Waals surface area contributed by atoms with Gasteiger partial charge in [0.15, 0.2) is 29.2 Å². The van der Waals surface area contributed by atoms with Crippen LogP contribution in [0.15, 0.2) is 54.1 Å². The first-order chi connectivity index (χ1) is 21.4. The van der Waals surface area contributed by atoms with E-state index in [2.05, 4.69) is 36.3 Å². The van der Waals surface area contributed by atoms with Crippen LogP contribution in [-0.4, -0.2) is 58.0 Å². The number of carbonyl (C=O) groups is 2. The van der Waals surface area contributed by atoms with Crippen molar-refractivity contribution in [1.29, 1.82) is 0 Å². The minimum absolute atomic E-state index is 0.0560. The van der Waals surface area contributed by atoms with Crippen molar-refractivity contribution in [2.75, 3.05) is 12.1 Å². The molecule has 0 unspecified atom stereocenters. The number of aliphatic hydroxyl groups is 1. The Balaban J connectivity index is 1.17. The number of aromatic nitrogens is 1. The number of amides is 1. The third kappa shape index (κ3) is 3.25. The lowest BCUT2D eigenvalue weighted by molar-refractivity contribution is -0.272. The van der Waals surface area contributed by atoms with Crippen molar-refractivity contribution in [3.05, 3.63) is 65.4 Å². The normalized spacial score (nSPS) is 38.2. The average molecular weight is 613 g/mol. The lowest BCUT2D eigenvalue weighted by Gasteiger charge is -2.67. The van der Waals surface area contributed by atoms with Gasteiger partial charge in [-0.05, 0) is 68.9 Å². The number of fused-ring (bicyclic) bond motifs is 10. The van der Waals surface area contributed by atoms with Crippen LogP contribution in [0.5, 0.6) is 11.5 Å². The highest BCUT2D eigenvalue weighted by Gasteiger charge is 2.78. The van der Waals surface area contributed by atoms with E-state index in [0.717, 1.165) is 17.6 Å². The van der Waals surface area contributed by atoms with Gasteiger partial charge in [-0.15, -0.1) is 0 Å². The van der Waals surface area contributed by atoms with Crippen molar-refractivity contribution < 1.29 is 38.4 Å². The molecule has 2 aromatic carbocycles. The third-order valence-corrected chi connectivity index (χ3v) is 12.1. The highest BCUT2D eigenvalue weighted by atomic mass is 16.8. The van der Waals surface area contributed by atoms with E-state index >= 15 is 0 Å². The summed E-state index contributed by atoms with van der Waals surface area (Å²) >= 11 is 0. The maximum atomic E-state index is 13.6. The minimum Gasteiger partial charge on any atom is -0.454 e. The summed E-state index contributed by atoms with van der Waals surface area (Å²) in [6.45, 7) is 8.11. The second-order valence-electron chi connectivity index (χ2n) is 14.5. The molecule has 2 bridgehead atoms. The predicted molar refractivity (Wildman–Crippen MR) is 162 cm³/mol. The third-order valence-electron chi connectivity index (χ3n) is 12.1. The molecule has 4 heterocycles. The van der Waals surface area contributed by atoms with Gasteiger partial charge in [0.2, 0.25) is 6.79 Å². The molecule has 3 aliphatic carbocycles. The quantitative estimate of drug-likeness (QED) is 0.357. The fraction of sp³-hybridized carbons (Fsp3) is 0.486. The molecule has 7 atom stereocenters. The van der Waals surface area contributed by atoms with Crippen LogP contribution in [0.4, 0.5) is 10.5 Å². The average Bonchev–Trinajstić information content (AvgIpc) is 3.73. The van der Waals surface area contributed by atoms with Crippen LogP contribution in [0.2, 0.25) is 0 Å². The number of aromatic amines is 1. The van der Waals surface area contributed by atoms with Crippen LogP contribution >= 0.6 is 0 Å². The van der Waals surface area contributed by atoms with Crippen molar-refractivity contribution in [2.24, 2.45) is 11.3 Å². The van der Waals surface area contributed by atoms with E-state index in [9.17, 15) is 14.7 Å². The maximum Gasteiger partial charge on any atom is 0.412 e. The molecule has 1 amide bonds. The predicted octanol–water partition coefficient (Wildman–Crippen LogP) is 5.28. The van der Waals surface area contributed by atoms with Crippen molar-refractivity contribution in [3.8, 4) is 11.5 Å². The maximum absolute atomic E-state index is 13.6. The lowest BCUT2D eigenvalue weighted by Crippen LogP contribution is -2.75. The van der Waals surface area contributed by atoms with Crippen molar-refractivity contribution in [3.63, 3.8) is 0 Å². The Kier molecular flexibility index (Phi) is 5.17. The van der Waals surface area contributed by atoms with Gasteiger partial charge in [-0.3, -0.25) is 10.1 Å². The summed E-state index contributed by atoms with van der Waals surface area (Å²) < 4.78 is 30.2. The van der Waals surface area contributed by atoms with Crippen LogP contribution in [0.1, 0.15) is 58.2 Å². The summed E-state index contributed by atoms with van der Waals surface area (Å²) in [7, 11) is 0. The molecule has 45 heavy (non-hydrogen) atoms. The van der Waals surface area contributed by atoms with E-state index < -0.39 is 46.1 Å². The Hall–Kier alpha value is -3.86. The van der Waals surface area contributed by atoms with Gasteiger partial charge >= 0.3 is 6.09 Å². The van der Waals surface area contributed by atoms with E-state index in [0.29, 0.717) is 42.0 Å². The van der Waals surface area contributed by atoms with Crippen molar-refractivity contribution in [1.82, 2.24) is 4.98 Å². The molecule has 3 aliphatic heterocycles. The Morgan fingerprint density at radius 1 is 1.07 bits per heavy atom. The van der Waals surface area contributed by atoms with E-state index in [-0.39, 0.29) is 18.5 Å². The number of nitrogens with one attached hydrogen (secondary N) is 2. The molecule has 10 heteroatoms. The first-order valence-corrected chi connectivity index (χ1v) is 15.7. The summed E-state index contributed by atoms with van der Waals surface area (Å²) in [6.07, 6.45) is 1.17. The fourth-order valence-electron chi connectivity index (χ4n) is 9.78. The van der Waals surface area contributed by atoms with Gasteiger partial charge in [0.25, 0.3) is 0 Å². The molecule has 2 saturated carbocycles. The monoisotopic (exact) mass is 612 g/mol. The zero-order valence-corrected chi connectivity index (χ0v) is 25.7. The van der Waals surface area contributed by atoms with Crippen LogP contribution in [0.25, 0.3) is 10.9 Å². The molecule has 6 aliphatic rings. The number of para-hydroxylation sites is 1. The first kappa shape index (κ1) is 27.5. The molecule has 0 radical (unpaired) electrons. The highest BCUT2D eigenvalue weighted by molar-refractivity contribution is 5.97. The fourth-order valence-corrected chi connectivity index (χ4v) is 9.78. The zero-order valence-electron chi connectivity index (χ0n) is 25.7. The molecular formula is C35H36N2O8. The van der Waals surface area contributed by atoms with Gasteiger partial charge in [-0.1, -0.05) is 32.0 Å². The zero-order chi connectivity index (χ0) is 31.1. The number of anilines is 1. The number of hydrogen-bond donors (Lipinski definition) is 3. The molecule has 9 rings (SSSR count). The second-order valence-corrected chi connectivity index (χ2v) is 14.5. The molecule has 1 aromatic heterocycles. The Labute approximate surface area is 260 Å². The molecule has 1 saturated heterocycles. The highest BCUT2D eigenvalue weighted by Crippen LogP contribution is 2.72. The largest absolute Gasteiger partial charge is 0.454 e. The summed E-state index contributed by atoms with van der Waals surface area (Å²) in [6, 6.07) is 13.4. The molecule has 10 nitrogen and oxygen atoms in total. The van der Waals surface area contributed by atoms with Gasteiger partial charge < -0.3 is 33.8 Å². The summed E-state index contributed by atoms with van der Waals surface area (Å²) in [5.41, 5.74) is 0.124. The molecule has 234 valence electrons. The van der Waals surface area contributed by atoms with Gasteiger partial charge in [-0.2, -0.15) is 0 Å². The number of benzene rings is 2. The number of H-pyrrole nitrogens is 1. The Morgan fingerprint density at radius 2 is 1.87 bits per heavy atom. The number of rotatable bonds is 2. The van der Waals surface area contributed by atoms with E-state index in [1.165, 1.54) is 17.0 Å². The Bertz CT molecular complexity index is 1860. The first-order valence-electron chi connectivity index (χ1n) is 15.7. The van der Waals surface area contributed by atoms with Crippen LogP contribution in [-0.2, 0) is 30.8 Å². The number of ketones is 1. The second kappa shape index (κ2) is 8.48. The topological polar surface area (TPSA) is 128 Å². The standard InChI is InChI=1S/C35H36N2O8/c1-31(2)29-23(38)16-26-34(44-29,45-31)12-11-32(3)33(4)18(13-21-20-7-5-6-8-22(20)37-28(21)33)14-27(35(26,32)40)43-30(39)36-19-9-10-24-25(15-19)42-17-41-24/h5-10,15-16,18,27,29,37,40H,11-14,17H2,1-4H3,(H,36,39)/t18-,27+,29+,32-,33-,34+,35+/m1/s1. The van der Waals surface area contributed by atoms with E-state index in [1.54, 1.807) is 18.2 Å². The molecular weight excluding hydrogens is 576 g/mol. The smallest absolute Gasteiger partial charge is 0.412 e. The van der Waals surface area contributed by atoms with Crippen molar-refractivity contribution >= 4 is 28.5 Å². The van der Waals surface area contributed by atoms with Crippen LogP contribution < -0.4 is 14.8 Å². The van der Waals surface area contributed by atoms with Crippen LogP contribution in [0.3, 0.4) is 0 Å². The molecule has 3 N–H and O–H groups in total. The lowest BCUT2D eigenvalue weighted by atomic mass is 9.41. The number of ether oxygens (including phenoxy) is 5. The van der Waals surface area contributed by atoms with E-state index in [4.69, 9.17) is 23.7 Å². The van der Waals surface area contributed by atoms with Crippen molar-refractivity contribution in [2.45, 2.75) is 88.0 Å². The van der Waals surface area contributed by atoms with E-state index in [1.807, 2.05) is 26.0 Å². The molecule has 1 spiro atoms. The van der Waals surface area contributed by atoms with Gasteiger partial charge in [0, 0.05) is 51.2 Å². The van der Waals surface area contributed by atoms with Crippen LogP contribution in [0, 0.1) is 11.3 Å². The summed E-state index contributed by atoms with van der Waals surface area (Å²) in [4.78, 5) is 30.9. The van der Waals surface area contributed by atoms with Gasteiger partial charge in [-0.25, -0.2) is 4.79 Å². The number of hydrogen-bond acceptors (Lipinski definition) is 8. The Morgan fingerprint density at radius 3 is 2.71 bits per heavy atom. The minimum atomic E-state index is -1.79. The van der Waals surface area contributed by atoms with Gasteiger partial charge in [0.1, 0.15) is 17.3 Å². The summed E-state index contributed by atoms with van der Waals surface area (Å²) in [5, 5.41) is 17.4. The summed E-state index contributed by atoms with van der Waals surface area (Å²) in [5.74, 6) is -0.368. The SMILES string of the molecule is CC1(C)O[C@@]23CC[C@]4(C)[C@@]5(C)c6[nH]c7ccccc7c6C[C@@H]5C[C@H](OC(=O)Nc5ccc6c(c5)OCO6)[C@@]4(O)C2=CC(=O)[C@@H]1O3. The number of carbonyl (C=O) groups excluding carboxylic acids is 2. The molecule has 3 fully saturated rings.